The zero-order chi connectivity index (χ0) is 9.19. The molecule has 0 aliphatic heterocycles. The molecule has 63 valence electrons. The number of rotatable bonds is 2. The molecule has 1 radical (unpaired) electrons. The van der Waals surface area contributed by atoms with Crippen LogP contribution in [0.15, 0.2) is 34.3 Å². The van der Waals surface area contributed by atoms with Gasteiger partial charge in [-0.25, -0.2) is 0 Å². The van der Waals surface area contributed by atoms with Crippen molar-refractivity contribution in [2.45, 2.75) is 4.90 Å². The lowest BCUT2D eigenvalue weighted by atomic mass is 10.3. The summed E-state index contributed by atoms with van der Waals surface area (Å²) < 4.78 is 32.9. The zero-order valence-corrected chi connectivity index (χ0v) is 6.62. The number of hydrogen-bond acceptors (Lipinski definition) is 3. The van der Waals surface area contributed by atoms with E-state index in [1.54, 1.807) is 0 Å². The summed E-state index contributed by atoms with van der Waals surface area (Å²) in [4.78, 5) is -0.516. The molecule has 0 aliphatic carbocycles. The van der Waals surface area contributed by atoms with Crippen molar-refractivity contribution in [3.05, 3.63) is 24.3 Å². The molecule has 12 heavy (non-hydrogen) atoms. The predicted molar refractivity (Wildman–Crippen MR) is 39.0 cm³/mol. The minimum atomic E-state index is -4.71. The molecule has 0 N–H and O–H groups in total. The van der Waals surface area contributed by atoms with Gasteiger partial charge in [0.2, 0.25) is 0 Å². The Morgan fingerprint density at radius 3 is 2.58 bits per heavy atom. The maximum Gasteiger partial charge on any atom is 0.332 e. The number of halogens is 1. The fourth-order valence-electron chi connectivity index (χ4n) is 0.697. The van der Waals surface area contributed by atoms with Crippen LogP contribution in [0.5, 0.6) is 0 Å². The molecule has 0 bridgehead atoms. The second-order valence-corrected chi connectivity index (χ2v) is 3.38. The first-order chi connectivity index (χ1) is 5.54. The first kappa shape index (κ1) is 8.79. The Labute approximate surface area is 68.8 Å². The summed E-state index contributed by atoms with van der Waals surface area (Å²) in [6, 6.07) is 4.62. The van der Waals surface area contributed by atoms with E-state index in [9.17, 15) is 12.3 Å². The van der Waals surface area contributed by atoms with Gasteiger partial charge in [-0.05, 0) is 23.7 Å². The number of benzene rings is 1. The topological polar surface area (TPSA) is 68.8 Å². The molecule has 1 rings (SSSR count). The highest BCUT2D eigenvalue weighted by Crippen LogP contribution is 2.18. The van der Waals surface area contributed by atoms with E-state index in [-0.39, 0.29) is 5.69 Å². The van der Waals surface area contributed by atoms with Crippen molar-refractivity contribution in [3.63, 3.8) is 0 Å². The van der Waals surface area contributed by atoms with E-state index in [4.69, 9.17) is 5.53 Å². The minimum absolute atomic E-state index is 0.00581. The highest BCUT2D eigenvalue weighted by molar-refractivity contribution is 7.86. The second kappa shape index (κ2) is 2.98. The molecule has 1 aromatic carbocycles. The molecule has 1 aromatic rings. The van der Waals surface area contributed by atoms with E-state index in [1.807, 2.05) is 0 Å². The molecule has 0 heterocycles. The van der Waals surface area contributed by atoms with Crippen molar-refractivity contribution in [2.75, 3.05) is 0 Å². The predicted octanol–water partition coefficient (Wildman–Crippen LogP) is 1.23. The Kier molecular flexibility index (Phi) is 2.18. The van der Waals surface area contributed by atoms with E-state index < -0.39 is 15.1 Å². The fourth-order valence-corrected chi connectivity index (χ4v) is 1.20. The molecule has 0 amide bonds. The van der Waals surface area contributed by atoms with Gasteiger partial charge in [0.1, 0.15) is 4.90 Å². The Morgan fingerprint density at radius 1 is 1.42 bits per heavy atom. The zero-order valence-electron chi connectivity index (χ0n) is 5.81. The van der Waals surface area contributed by atoms with Gasteiger partial charge in [-0.2, -0.15) is 8.42 Å². The molecular weight excluding hydrogens is 183 g/mol. The van der Waals surface area contributed by atoms with Gasteiger partial charge in [0.05, 0.1) is 5.69 Å². The monoisotopic (exact) mass is 187 g/mol. The van der Waals surface area contributed by atoms with Crippen molar-refractivity contribution in [3.8, 4) is 0 Å². The molecule has 0 aromatic heterocycles. The van der Waals surface area contributed by atoms with Gasteiger partial charge < -0.3 is 0 Å². The third-order valence-electron chi connectivity index (χ3n) is 1.21. The van der Waals surface area contributed by atoms with Crippen LogP contribution in [0.1, 0.15) is 0 Å². The van der Waals surface area contributed by atoms with Crippen molar-refractivity contribution >= 4 is 15.9 Å². The standard InChI is InChI=1S/C6H4FN2O2S/c7-12(10,11)6-3-1-2-5(4-6)9-8/h1-4H. The van der Waals surface area contributed by atoms with Crippen LogP contribution in [0.25, 0.3) is 0 Å². The molecule has 6 heteroatoms. The molecule has 0 fully saturated rings. The van der Waals surface area contributed by atoms with Crippen LogP contribution in [-0.4, -0.2) is 8.42 Å². The highest BCUT2D eigenvalue weighted by Gasteiger charge is 2.11. The molecule has 0 unspecified atom stereocenters. The fraction of sp³-hybridized carbons (Fsp3) is 0. The molecule has 0 saturated carbocycles. The Balaban J connectivity index is 3.29. The summed E-state index contributed by atoms with van der Waals surface area (Å²) in [7, 11) is -4.71. The van der Waals surface area contributed by atoms with Crippen LogP contribution >= 0.6 is 0 Å². The van der Waals surface area contributed by atoms with Gasteiger partial charge in [0.15, 0.2) is 0 Å². The Hall–Kier alpha value is -1.30. The lowest BCUT2D eigenvalue weighted by Crippen LogP contribution is -1.90. The van der Waals surface area contributed by atoms with Crippen LogP contribution in [0.3, 0.4) is 0 Å². The highest BCUT2D eigenvalue weighted by atomic mass is 32.3. The Bertz CT molecular complexity index is 402. The SMILES string of the molecule is [N]=Nc1cccc(S(=O)(=O)F)c1. The summed E-state index contributed by atoms with van der Waals surface area (Å²) in [6.07, 6.45) is 0. The molecule has 0 saturated heterocycles. The van der Waals surface area contributed by atoms with Crippen LogP contribution in [0, 0.1) is 0 Å². The minimum Gasteiger partial charge on any atom is -0.189 e. The summed E-state index contributed by atoms with van der Waals surface area (Å²) in [5.41, 5.74) is 8.23. The molecular formula is C6H4FN2O2S. The maximum absolute atomic E-state index is 12.3. The van der Waals surface area contributed by atoms with Gasteiger partial charge in [-0.1, -0.05) is 6.07 Å². The number of nitrogens with zero attached hydrogens (tertiary/aromatic N) is 2. The average Bonchev–Trinajstić information content (AvgIpc) is 2.03. The summed E-state index contributed by atoms with van der Waals surface area (Å²) >= 11 is 0. The second-order valence-electron chi connectivity index (χ2n) is 2.04. The Morgan fingerprint density at radius 2 is 2.08 bits per heavy atom. The van der Waals surface area contributed by atoms with Gasteiger partial charge in [-0.3, -0.25) is 0 Å². The van der Waals surface area contributed by atoms with Crippen molar-refractivity contribution in [2.24, 2.45) is 5.11 Å². The first-order valence-electron chi connectivity index (χ1n) is 2.94. The van der Waals surface area contributed by atoms with E-state index in [2.05, 4.69) is 5.11 Å². The van der Waals surface area contributed by atoms with Gasteiger partial charge in [-0.15, -0.1) is 9.00 Å². The first-order valence-corrected chi connectivity index (χ1v) is 4.32. The van der Waals surface area contributed by atoms with Crippen LogP contribution in [0.2, 0.25) is 0 Å². The van der Waals surface area contributed by atoms with E-state index in [0.717, 1.165) is 12.1 Å². The van der Waals surface area contributed by atoms with Gasteiger partial charge in [0, 0.05) is 0 Å². The molecule has 0 spiro atoms. The van der Waals surface area contributed by atoms with E-state index in [1.165, 1.54) is 12.1 Å². The normalized spacial score (nSPS) is 11.1. The third-order valence-corrected chi connectivity index (χ3v) is 2.03. The van der Waals surface area contributed by atoms with Crippen molar-refractivity contribution in [1.82, 2.24) is 5.53 Å². The van der Waals surface area contributed by atoms with Crippen molar-refractivity contribution < 1.29 is 12.3 Å². The summed E-state index contributed by atoms with van der Waals surface area (Å²) in [6.45, 7) is 0. The lowest BCUT2D eigenvalue weighted by molar-refractivity contribution is 0.552. The summed E-state index contributed by atoms with van der Waals surface area (Å²) in [5.74, 6) is 0. The van der Waals surface area contributed by atoms with E-state index in [0.29, 0.717) is 0 Å². The molecule has 0 atom stereocenters. The van der Waals surface area contributed by atoms with Gasteiger partial charge in [0.25, 0.3) is 0 Å². The van der Waals surface area contributed by atoms with E-state index >= 15 is 0 Å². The third kappa shape index (κ3) is 1.85. The van der Waals surface area contributed by atoms with Crippen LogP contribution in [0.4, 0.5) is 9.57 Å². The smallest absolute Gasteiger partial charge is 0.189 e. The van der Waals surface area contributed by atoms with Gasteiger partial charge >= 0.3 is 10.2 Å². The maximum atomic E-state index is 12.3. The van der Waals surface area contributed by atoms with Crippen LogP contribution < -0.4 is 5.53 Å². The van der Waals surface area contributed by atoms with Crippen LogP contribution in [-0.2, 0) is 10.2 Å². The number of hydrogen-bond donors (Lipinski definition) is 0. The average molecular weight is 187 g/mol. The summed E-state index contributed by atoms with van der Waals surface area (Å²) in [5, 5.41) is 2.71. The molecule has 4 nitrogen and oxygen atoms in total. The molecule has 0 aliphatic rings. The largest absolute Gasteiger partial charge is 0.332 e. The quantitative estimate of drug-likeness (QED) is 0.516. The lowest BCUT2D eigenvalue weighted by Gasteiger charge is -1.93. The van der Waals surface area contributed by atoms with Crippen molar-refractivity contribution in [1.29, 1.82) is 0 Å².